The van der Waals surface area contributed by atoms with Gasteiger partial charge >= 0.3 is 0 Å². The predicted molar refractivity (Wildman–Crippen MR) is 82.1 cm³/mol. The molecule has 0 spiro atoms. The smallest absolute Gasteiger partial charge is 0.290 e. The fraction of sp³-hybridized carbons (Fsp3) is 0.438. The molecule has 1 aliphatic heterocycles. The molecule has 1 saturated heterocycles. The van der Waals surface area contributed by atoms with Crippen molar-refractivity contribution in [1.82, 2.24) is 9.80 Å². The lowest BCUT2D eigenvalue weighted by Crippen LogP contribution is -2.61. The molecule has 0 unspecified atom stereocenters. The van der Waals surface area contributed by atoms with Crippen molar-refractivity contribution in [2.24, 2.45) is 0 Å². The molecule has 6 nitrogen and oxygen atoms in total. The third-order valence-electron chi connectivity index (χ3n) is 3.87. The number of carboxylic acid groups (broad SMARTS) is 1. The molecule has 1 aromatic carbocycles. The van der Waals surface area contributed by atoms with E-state index in [2.05, 4.69) is 0 Å². The van der Waals surface area contributed by atoms with Gasteiger partial charge in [0, 0.05) is 13.6 Å². The maximum atomic E-state index is 12.3. The van der Waals surface area contributed by atoms with Gasteiger partial charge in [-0.2, -0.15) is 0 Å². The van der Waals surface area contributed by atoms with Crippen LogP contribution in [-0.4, -0.2) is 52.3 Å². The Hall–Kier alpha value is -2.37. The summed E-state index contributed by atoms with van der Waals surface area (Å²) in [6.07, 6.45) is 0. The van der Waals surface area contributed by atoms with Crippen molar-refractivity contribution in [2.75, 3.05) is 7.05 Å². The number of carbonyl (C=O) groups is 3. The minimum Gasteiger partial charge on any atom is -0.483 e. The topological polar surface area (TPSA) is 77.9 Å². The van der Waals surface area contributed by atoms with E-state index in [0.717, 1.165) is 5.56 Å². The molecule has 1 N–H and O–H groups in total. The Labute approximate surface area is 130 Å². The Morgan fingerprint density at radius 1 is 1.09 bits per heavy atom. The van der Waals surface area contributed by atoms with Gasteiger partial charge in [-0.25, -0.2) is 0 Å². The van der Waals surface area contributed by atoms with Crippen LogP contribution in [0.4, 0.5) is 0 Å². The number of likely N-dealkylation sites (N-methyl/N-ethyl adjacent to an activating group) is 1. The summed E-state index contributed by atoms with van der Waals surface area (Å²) in [4.78, 5) is 35.9. The number of carbonyl (C=O) groups excluding carboxylic acids is 2. The van der Waals surface area contributed by atoms with E-state index in [9.17, 15) is 9.59 Å². The first-order chi connectivity index (χ1) is 10.3. The van der Waals surface area contributed by atoms with E-state index >= 15 is 0 Å². The molecule has 1 fully saturated rings. The number of benzene rings is 1. The van der Waals surface area contributed by atoms with E-state index in [1.165, 1.54) is 10.5 Å². The van der Waals surface area contributed by atoms with Gasteiger partial charge in [-0.3, -0.25) is 14.4 Å². The van der Waals surface area contributed by atoms with Crippen LogP contribution in [0.1, 0.15) is 25.0 Å². The molecule has 0 aromatic heterocycles. The molecule has 22 heavy (non-hydrogen) atoms. The molecule has 1 heterocycles. The first-order valence-electron chi connectivity index (χ1n) is 7.04. The minimum atomic E-state index is -0.394. The van der Waals surface area contributed by atoms with Gasteiger partial charge < -0.3 is 14.9 Å². The zero-order valence-corrected chi connectivity index (χ0v) is 13.3. The normalized spacial score (nSPS) is 21.3. The highest BCUT2D eigenvalue weighted by molar-refractivity contribution is 5.96. The molecule has 0 bridgehead atoms. The zero-order valence-electron chi connectivity index (χ0n) is 13.3. The lowest BCUT2D eigenvalue weighted by atomic mass is 10.1. The monoisotopic (exact) mass is 306 g/mol. The van der Waals surface area contributed by atoms with Crippen molar-refractivity contribution in [1.29, 1.82) is 0 Å². The van der Waals surface area contributed by atoms with E-state index in [0.29, 0.717) is 6.54 Å². The van der Waals surface area contributed by atoms with Gasteiger partial charge in [0.15, 0.2) is 0 Å². The molecule has 120 valence electrons. The third kappa shape index (κ3) is 3.84. The van der Waals surface area contributed by atoms with E-state index in [-0.39, 0.29) is 24.3 Å². The predicted octanol–water partition coefficient (Wildman–Crippen LogP) is 1.27. The first kappa shape index (κ1) is 17.7. The average Bonchev–Trinajstić information content (AvgIpc) is 2.50. The number of hydrogen-bond donors (Lipinski definition) is 1. The number of piperazine rings is 1. The van der Waals surface area contributed by atoms with Crippen molar-refractivity contribution in [2.45, 2.75) is 39.4 Å². The minimum absolute atomic E-state index is 0.000730. The second-order valence-electron chi connectivity index (χ2n) is 5.36. The third-order valence-corrected chi connectivity index (χ3v) is 3.87. The molecule has 0 aliphatic carbocycles. The van der Waals surface area contributed by atoms with Crippen LogP contribution in [0, 0.1) is 6.92 Å². The fourth-order valence-corrected chi connectivity index (χ4v) is 2.32. The Bertz CT molecular complexity index is 542. The highest BCUT2D eigenvalue weighted by atomic mass is 16.3. The fourth-order valence-electron chi connectivity index (χ4n) is 2.32. The summed E-state index contributed by atoms with van der Waals surface area (Å²) < 4.78 is 0. The largest absolute Gasteiger partial charge is 0.483 e. The number of nitrogens with zero attached hydrogens (tertiary/aromatic N) is 2. The van der Waals surface area contributed by atoms with Gasteiger partial charge in [-0.05, 0) is 26.3 Å². The molecule has 1 aromatic rings. The molecule has 2 amide bonds. The van der Waals surface area contributed by atoms with Crippen LogP contribution in [0.25, 0.3) is 0 Å². The maximum absolute atomic E-state index is 12.3. The van der Waals surface area contributed by atoms with E-state index in [1.54, 1.807) is 25.8 Å². The number of rotatable bonds is 2. The van der Waals surface area contributed by atoms with Gasteiger partial charge in [0.05, 0.1) is 0 Å². The van der Waals surface area contributed by atoms with Crippen molar-refractivity contribution in [3.63, 3.8) is 0 Å². The Morgan fingerprint density at radius 2 is 1.59 bits per heavy atom. The van der Waals surface area contributed by atoms with Crippen LogP contribution in [0.5, 0.6) is 0 Å². The second kappa shape index (κ2) is 7.59. The summed E-state index contributed by atoms with van der Waals surface area (Å²) in [7, 11) is 1.69. The van der Waals surface area contributed by atoms with Crippen LogP contribution in [-0.2, 0) is 20.9 Å². The summed E-state index contributed by atoms with van der Waals surface area (Å²) in [5, 5.41) is 6.89. The van der Waals surface area contributed by atoms with Crippen LogP contribution < -0.4 is 0 Å². The highest BCUT2D eigenvalue weighted by Gasteiger charge is 2.39. The Morgan fingerprint density at radius 3 is 2.09 bits per heavy atom. The molecule has 1 aliphatic rings. The Kier molecular flexibility index (Phi) is 6.10. The maximum Gasteiger partial charge on any atom is 0.290 e. The molecular formula is C16H22N2O4. The van der Waals surface area contributed by atoms with Crippen LogP contribution in [0.15, 0.2) is 24.3 Å². The summed E-state index contributed by atoms with van der Waals surface area (Å²) in [5.74, 6) is 0.00869. The first-order valence-corrected chi connectivity index (χ1v) is 7.04. The number of hydrogen-bond acceptors (Lipinski definition) is 3. The molecule has 2 rings (SSSR count). The molecule has 2 atom stereocenters. The quantitative estimate of drug-likeness (QED) is 0.835. The summed E-state index contributed by atoms with van der Waals surface area (Å²) in [6.45, 7) is 5.83. The van der Waals surface area contributed by atoms with Crippen molar-refractivity contribution < 1.29 is 19.5 Å². The lowest BCUT2D eigenvalue weighted by Gasteiger charge is -2.41. The number of amides is 2. The lowest BCUT2D eigenvalue weighted by molar-refractivity contribution is -0.159. The van der Waals surface area contributed by atoms with Gasteiger partial charge in [0.2, 0.25) is 11.8 Å². The van der Waals surface area contributed by atoms with E-state index in [4.69, 9.17) is 9.90 Å². The highest BCUT2D eigenvalue weighted by Crippen LogP contribution is 2.19. The Balaban J connectivity index is 0.000000745. The van der Waals surface area contributed by atoms with E-state index < -0.39 is 6.04 Å². The van der Waals surface area contributed by atoms with Gasteiger partial charge in [-0.15, -0.1) is 0 Å². The van der Waals surface area contributed by atoms with Crippen molar-refractivity contribution in [3.8, 4) is 0 Å². The van der Waals surface area contributed by atoms with Crippen molar-refractivity contribution >= 4 is 18.3 Å². The molecular weight excluding hydrogens is 284 g/mol. The van der Waals surface area contributed by atoms with Crippen LogP contribution in [0.3, 0.4) is 0 Å². The summed E-state index contributed by atoms with van der Waals surface area (Å²) in [5.41, 5.74) is 2.24. The van der Waals surface area contributed by atoms with Crippen LogP contribution >= 0.6 is 0 Å². The van der Waals surface area contributed by atoms with Crippen LogP contribution in [0.2, 0.25) is 0 Å². The van der Waals surface area contributed by atoms with Crippen molar-refractivity contribution in [3.05, 3.63) is 35.4 Å². The molecule has 0 saturated carbocycles. The second-order valence-corrected chi connectivity index (χ2v) is 5.36. The van der Waals surface area contributed by atoms with Gasteiger partial charge in [-0.1, -0.05) is 29.8 Å². The molecule has 6 heteroatoms. The van der Waals surface area contributed by atoms with E-state index in [1.807, 2.05) is 31.2 Å². The zero-order chi connectivity index (χ0) is 16.9. The number of aryl methyl sites for hydroxylation is 1. The van der Waals surface area contributed by atoms with Gasteiger partial charge in [0.25, 0.3) is 6.47 Å². The summed E-state index contributed by atoms with van der Waals surface area (Å²) >= 11 is 0. The van der Waals surface area contributed by atoms with Gasteiger partial charge in [0.1, 0.15) is 12.1 Å². The summed E-state index contributed by atoms with van der Waals surface area (Å²) in [6, 6.07) is 7.27. The molecule has 0 radical (unpaired) electrons. The average molecular weight is 306 g/mol. The standard InChI is InChI=1S/C15H20N2O2.CH2O2/c1-10-5-7-13(8-6-10)9-17-12(3)14(18)16(4)11(2)15(17)19;2-1-3/h5-8,11-12H,9H2,1-4H3;1H,(H,2,3)/t11-,12-;/m0./s1. The SMILES string of the molecule is Cc1ccc(CN2C(=O)[C@H](C)N(C)C(=O)[C@@H]2C)cc1.O=CO.